The van der Waals surface area contributed by atoms with Crippen LogP contribution in [-0.4, -0.2) is 47.9 Å². The summed E-state index contributed by atoms with van der Waals surface area (Å²) in [6, 6.07) is 11.4. The highest BCUT2D eigenvalue weighted by atomic mass is 35.5. The van der Waals surface area contributed by atoms with Crippen molar-refractivity contribution in [3.05, 3.63) is 52.5 Å². The number of halogens is 1. The van der Waals surface area contributed by atoms with Gasteiger partial charge in [0.1, 0.15) is 5.75 Å². The highest BCUT2D eigenvalue weighted by molar-refractivity contribution is 6.30. The second-order valence-electron chi connectivity index (χ2n) is 6.51. The Hall–Kier alpha value is -1.95. The van der Waals surface area contributed by atoms with Crippen molar-refractivity contribution in [2.75, 3.05) is 33.0 Å². The molecule has 132 valence electrons. The van der Waals surface area contributed by atoms with Gasteiger partial charge in [-0.3, -0.25) is 9.80 Å². The van der Waals surface area contributed by atoms with Gasteiger partial charge >= 0.3 is 0 Å². The van der Waals surface area contributed by atoms with Gasteiger partial charge in [-0.2, -0.15) is 0 Å². The molecular weight excluding hydrogens is 340 g/mol. The number of nitrogens with zero attached hydrogens (tertiary/aromatic N) is 2. The fourth-order valence-electron chi connectivity index (χ4n) is 3.32. The highest BCUT2D eigenvalue weighted by Crippen LogP contribution is 2.33. The summed E-state index contributed by atoms with van der Waals surface area (Å²) in [5, 5.41) is 10.6. The van der Waals surface area contributed by atoms with E-state index in [2.05, 4.69) is 21.9 Å². The number of rotatable bonds is 4. The number of benzene rings is 2. The van der Waals surface area contributed by atoms with Crippen molar-refractivity contribution in [1.29, 1.82) is 0 Å². The van der Waals surface area contributed by atoms with Crippen LogP contribution in [0.4, 0.5) is 0 Å². The average Bonchev–Trinajstić information content (AvgIpc) is 3.08. The van der Waals surface area contributed by atoms with Crippen molar-refractivity contribution < 1.29 is 14.6 Å². The van der Waals surface area contributed by atoms with E-state index in [1.165, 1.54) is 5.56 Å². The Morgan fingerprint density at radius 1 is 0.880 bits per heavy atom. The summed E-state index contributed by atoms with van der Waals surface area (Å²) in [6.45, 7) is 5.88. The fraction of sp³-hybridized carbons (Fsp3) is 0.368. The van der Waals surface area contributed by atoms with E-state index >= 15 is 0 Å². The van der Waals surface area contributed by atoms with Gasteiger partial charge in [-0.25, -0.2) is 0 Å². The highest BCUT2D eigenvalue weighted by Gasteiger charge is 2.19. The number of piperazine rings is 1. The van der Waals surface area contributed by atoms with Gasteiger partial charge in [0.25, 0.3) is 0 Å². The van der Waals surface area contributed by atoms with Crippen LogP contribution in [0.15, 0.2) is 36.4 Å². The van der Waals surface area contributed by atoms with Crippen molar-refractivity contribution in [3.63, 3.8) is 0 Å². The first-order valence-corrected chi connectivity index (χ1v) is 8.86. The predicted molar refractivity (Wildman–Crippen MR) is 96.2 cm³/mol. The van der Waals surface area contributed by atoms with Gasteiger partial charge < -0.3 is 14.6 Å². The molecule has 6 heteroatoms. The number of aromatic hydroxyl groups is 1. The molecule has 2 aromatic rings. The lowest BCUT2D eigenvalue weighted by Crippen LogP contribution is -2.45. The molecule has 0 aromatic heterocycles. The molecule has 4 rings (SSSR count). The number of hydrogen-bond donors (Lipinski definition) is 1. The maximum Gasteiger partial charge on any atom is 0.231 e. The van der Waals surface area contributed by atoms with Crippen molar-refractivity contribution in [1.82, 2.24) is 9.80 Å². The SMILES string of the molecule is Oc1ccc(Cl)cc1CN1CCN(Cc2ccc3c(c2)OCO3)CC1. The fourth-order valence-corrected chi connectivity index (χ4v) is 3.52. The number of fused-ring (bicyclic) bond motifs is 1. The minimum Gasteiger partial charge on any atom is -0.508 e. The lowest BCUT2D eigenvalue weighted by Gasteiger charge is -2.34. The Morgan fingerprint density at radius 2 is 1.60 bits per heavy atom. The molecule has 5 nitrogen and oxygen atoms in total. The molecule has 0 bridgehead atoms. The van der Waals surface area contributed by atoms with E-state index in [9.17, 15) is 5.11 Å². The van der Waals surface area contributed by atoms with Crippen LogP contribution in [-0.2, 0) is 13.1 Å². The van der Waals surface area contributed by atoms with Crippen LogP contribution in [0, 0.1) is 0 Å². The van der Waals surface area contributed by atoms with Crippen LogP contribution < -0.4 is 9.47 Å². The van der Waals surface area contributed by atoms with E-state index in [-0.39, 0.29) is 0 Å². The minimum atomic E-state index is 0.312. The van der Waals surface area contributed by atoms with E-state index < -0.39 is 0 Å². The second-order valence-corrected chi connectivity index (χ2v) is 6.95. The predicted octanol–water partition coefficient (Wildman–Crippen LogP) is 3.09. The lowest BCUT2D eigenvalue weighted by molar-refractivity contribution is 0.121. The first kappa shape index (κ1) is 16.5. The number of phenolic OH excluding ortho intramolecular Hbond substituents is 1. The molecule has 0 saturated carbocycles. The molecule has 2 heterocycles. The van der Waals surface area contributed by atoms with E-state index in [4.69, 9.17) is 21.1 Å². The Kier molecular flexibility index (Phi) is 4.70. The summed E-state index contributed by atoms with van der Waals surface area (Å²) in [7, 11) is 0. The van der Waals surface area contributed by atoms with Crippen molar-refractivity contribution in [2.45, 2.75) is 13.1 Å². The van der Waals surface area contributed by atoms with E-state index in [1.807, 2.05) is 12.1 Å². The molecule has 1 fully saturated rings. The van der Waals surface area contributed by atoms with E-state index in [1.54, 1.807) is 12.1 Å². The van der Waals surface area contributed by atoms with Gasteiger partial charge in [0, 0.05) is 49.9 Å². The van der Waals surface area contributed by atoms with E-state index in [0.29, 0.717) is 17.6 Å². The topological polar surface area (TPSA) is 45.2 Å². The van der Waals surface area contributed by atoms with Crippen LogP contribution in [0.1, 0.15) is 11.1 Å². The minimum absolute atomic E-state index is 0.312. The van der Waals surface area contributed by atoms with Gasteiger partial charge in [-0.15, -0.1) is 0 Å². The van der Waals surface area contributed by atoms with Gasteiger partial charge in [0.2, 0.25) is 6.79 Å². The zero-order valence-electron chi connectivity index (χ0n) is 13.9. The van der Waals surface area contributed by atoms with Crippen LogP contribution in [0.5, 0.6) is 17.2 Å². The monoisotopic (exact) mass is 360 g/mol. The van der Waals surface area contributed by atoms with Gasteiger partial charge in [-0.05, 0) is 35.9 Å². The molecule has 0 atom stereocenters. The Labute approximate surface area is 152 Å². The smallest absolute Gasteiger partial charge is 0.231 e. The van der Waals surface area contributed by atoms with Crippen LogP contribution in [0.25, 0.3) is 0 Å². The van der Waals surface area contributed by atoms with Crippen molar-refractivity contribution in [3.8, 4) is 17.2 Å². The molecule has 0 radical (unpaired) electrons. The van der Waals surface area contributed by atoms with Crippen molar-refractivity contribution >= 4 is 11.6 Å². The van der Waals surface area contributed by atoms with Crippen molar-refractivity contribution in [2.24, 2.45) is 0 Å². The van der Waals surface area contributed by atoms with Crippen LogP contribution in [0.3, 0.4) is 0 Å². The third kappa shape index (κ3) is 3.84. The standard InChI is InChI=1S/C19H21ClN2O3/c20-16-2-3-17(23)15(10-16)12-22-7-5-21(6-8-22)11-14-1-4-18-19(9-14)25-13-24-18/h1-4,9-10,23H,5-8,11-13H2. The number of ether oxygens (including phenoxy) is 2. The molecule has 2 aliphatic rings. The average molecular weight is 361 g/mol. The molecule has 2 aromatic carbocycles. The molecule has 0 spiro atoms. The molecule has 2 aliphatic heterocycles. The zero-order chi connectivity index (χ0) is 17.2. The maximum atomic E-state index is 9.97. The van der Waals surface area contributed by atoms with Crippen LogP contribution in [0.2, 0.25) is 5.02 Å². The van der Waals surface area contributed by atoms with Gasteiger partial charge in [-0.1, -0.05) is 17.7 Å². The molecule has 0 aliphatic carbocycles. The normalized spacial score (nSPS) is 17.8. The zero-order valence-corrected chi connectivity index (χ0v) is 14.7. The third-order valence-corrected chi connectivity index (χ3v) is 4.98. The van der Waals surface area contributed by atoms with Crippen LogP contribution >= 0.6 is 11.6 Å². The third-order valence-electron chi connectivity index (χ3n) is 4.74. The summed E-state index contributed by atoms with van der Waals surface area (Å²) in [6.07, 6.45) is 0. The second kappa shape index (κ2) is 7.12. The van der Waals surface area contributed by atoms with Gasteiger partial charge in [0.05, 0.1) is 0 Å². The molecule has 1 N–H and O–H groups in total. The molecule has 1 saturated heterocycles. The van der Waals surface area contributed by atoms with Gasteiger partial charge in [0.15, 0.2) is 11.5 Å². The first-order chi connectivity index (χ1) is 12.2. The molecule has 0 amide bonds. The summed E-state index contributed by atoms with van der Waals surface area (Å²) in [5.74, 6) is 1.98. The maximum absolute atomic E-state index is 9.97. The summed E-state index contributed by atoms with van der Waals surface area (Å²) in [4.78, 5) is 4.79. The Balaban J connectivity index is 1.31. The quantitative estimate of drug-likeness (QED) is 0.907. The summed E-state index contributed by atoms with van der Waals surface area (Å²) < 4.78 is 10.8. The summed E-state index contributed by atoms with van der Waals surface area (Å²) in [5.41, 5.74) is 2.13. The summed E-state index contributed by atoms with van der Waals surface area (Å²) >= 11 is 6.03. The number of phenols is 1. The van der Waals surface area contributed by atoms with E-state index in [0.717, 1.165) is 56.3 Å². The molecule has 25 heavy (non-hydrogen) atoms. The first-order valence-electron chi connectivity index (χ1n) is 8.48. The molecular formula is C19H21ClN2O3. The Bertz CT molecular complexity index is 760. The number of hydrogen-bond acceptors (Lipinski definition) is 5. The lowest BCUT2D eigenvalue weighted by atomic mass is 10.1. The largest absolute Gasteiger partial charge is 0.508 e. The Morgan fingerprint density at radius 3 is 2.40 bits per heavy atom. The molecule has 0 unspecified atom stereocenters.